The molecule has 0 spiro atoms. The average molecular weight is 362 g/mol. The zero-order valence-electron chi connectivity index (χ0n) is 14.1. The number of hydrogen-bond donors (Lipinski definition) is 1. The van der Waals surface area contributed by atoms with E-state index in [1.54, 1.807) is 18.2 Å². The fraction of sp³-hybridized carbons (Fsp3) is 0.316. The number of rotatable bonds is 4. The van der Waals surface area contributed by atoms with Crippen LogP contribution in [0, 0.1) is 5.82 Å². The number of nitrogens with one attached hydrogen (secondary N) is 1. The van der Waals surface area contributed by atoms with Crippen molar-refractivity contribution in [1.82, 2.24) is 4.90 Å². The quantitative estimate of drug-likeness (QED) is 0.903. The predicted molar refractivity (Wildman–Crippen MR) is 99.7 cm³/mol. The van der Waals surface area contributed by atoms with E-state index in [-0.39, 0.29) is 17.6 Å². The van der Waals surface area contributed by atoms with E-state index in [4.69, 9.17) is 11.6 Å². The van der Waals surface area contributed by atoms with Crippen molar-refractivity contribution >= 4 is 28.9 Å². The molecule has 0 aromatic heterocycles. The zero-order valence-corrected chi connectivity index (χ0v) is 14.8. The number of nitrogens with zero attached hydrogens (tertiary/aromatic N) is 2. The molecule has 1 saturated heterocycles. The lowest BCUT2D eigenvalue weighted by Crippen LogP contribution is -2.52. The molecule has 132 valence electrons. The maximum atomic E-state index is 13.7. The number of piperazine rings is 1. The Morgan fingerprint density at radius 2 is 1.84 bits per heavy atom. The lowest BCUT2D eigenvalue weighted by Gasteiger charge is -2.38. The number of halogens is 2. The minimum Gasteiger partial charge on any atom is -0.369 e. The third-order valence-corrected chi connectivity index (χ3v) is 4.78. The summed E-state index contributed by atoms with van der Waals surface area (Å²) in [5, 5.41) is 3.39. The molecule has 1 fully saturated rings. The Kier molecular flexibility index (Phi) is 5.56. The van der Waals surface area contributed by atoms with Crippen molar-refractivity contribution in [3.63, 3.8) is 0 Å². The molecule has 1 amide bonds. The van der Waals surface area contributed by atoms with E-state index in [1.807, 2.05) is 31.2 Å². The molecule has 1 aliphatic heterocycles. The summed E-state index contributed by atoms with van der Waals surface area (Å²) in [4.78, 5) is 16.8. The maximum absolute atomic E-state index is 13.7. The van der Waals surface area contributed by atoms with Crippen molar-refractivity contribution in [1.29, 1.82) is 0 Å². The monoisotopic (exact) mass is 361 g/mol. The third-order valence-electron chi connectivity index (χ3n) is 4.55. The van der Waals surface area contributed by atoms with Crippen LogP contribution in [0.3, 0.4) is 0 Å². The number of carbonyl (C=O) groups excluding carboxylic acids is 1. The summed E-state index contributed by atoms with van der Waals surface area (Å²) in [6, 6.07) is 13.7. The van der Waals surface area contributed by atoms with Crippen LogP contribution in [0.25, 0.3) is 0 Å². The van der Waals surface area contributed by atoms with Crippen LogP contribution < -0.4 is 10.2 Å². The molecular formula is C19H21ClFN3O. The molecule has 0 radical (unpaired) electrons. The van der Waals surface area contributed by atoms with Crippen LogP contribution in [0.4, 0.5) is 15.8 Å². The molecule has 1 aliphatic rings. The van der Waals surface area contributed by atoms with E-state index < -0.39 is 5.82 Å². The minimum atomic E-state index is -0.422. The average Bonchev–Trinajstić information content (AvgIpc) is 2.63. The summed E-state index contributed by atoms with van der Waals surface area (Å²) >= 11 is 6.05. The molecule has 4 nitrogen and oxygen atoms in total. The number of benzene rings is 2. The van der Waals surface area contributed by atoms with Gasteiger partial charge in [0.2, 0.25) is 5.91 Å². The molecule has 2 aromatic carbocycles. The Morgan fingerprint density at radius 1 is 1.12 bits per heavy atom. The molecule has 0 aliphatic carbocycles. The summed E-state index contributed by atoms with van der Waals surface area (Å²) in [5.74, 6) is -0.616. The molecule has 1 heterocycles. The van der Waals surface area contributed by atoms with Crippen molar-refractivity contribution in [3.8, 4) is 0 Å². The minimum absolute atomic E-state index is 0.193. The van der Waals surface area contributed by atoms with Crippen LogP contribution in [-0.2, 0) is 4.79 Å². The van der Waals surface area contributed by atoms with Crippen molar-refractivity contribution in [3.05, 3.63) is 59.4 Å². The number of carbonyl (C=O) groups is 1. The van der Waals surface area contributed by atoms with Gasteiger partial charge in [-0.25, -0.2) is 4.39 Å². The van der Waals surface area contributed by atoms with Gasteiger partial charge in [0.15, 0.2) is 0 Å². The number of para-hydroxylation sites is 1. The van der Waals surface area contributed by atoms with Crippen LogP contribution in [0.15, 0.2) is 48.5 Å². The van der Waals surface area contributed by atoms with Gasteiger partial charge in [0.1, 0.15) is 5.82 Å². The van der Waals surface area contributed by atoms with E-state index in [2.05, 4.69) is 15.1 Å². The Morgan fingerprint density at radius 3 is 2.52 bits per heavy atom. The Balaban J connectivity index is 1.57. The highest BCUT2D eigenvalue weighted by atomic mass is 35.5. The van der Waals surface area contributed by atoms with Crippen LogP contribution in [0.1, 0.15) is 6.92 Å². The van der Waals surface area contributed by atoms with Gasteiger partial charge in [-0.05, 0) is 37.3 Å². The first kappa shape index (κ1) is 17.7. The van der Waals surface area contributed by atoms with Crippen molar-refractivity contribution in [2.24, 2.45) is 0 Å². The van der Waals surface area contributed by atoms with Gasteiger partial charge >= 0.3 is 0 Å². The second kappa shape index (κ2) is 7.85. The molecule has 3 rings (SSSR count). The van der Waals surface area contributed by atoms with Crippen LogP contribution in [0.5, 0.6) is 0 Å². The molecule has 0 bridgehead atoms. The molecule has 0 saturated carbocycles. The summed E-state index contributed by atoms with van der Waals surface area (Å²) < 4.78 is 13.7. The van der Waals surface area contributed by atoms with E-state index >= 15 is 0 Å². The highest BCUT2D eigenvalue weighted by Gasteiger charge is 2.26. The molecule has 25 heavy (non-hydrogen) atoms. The molecule has 2 aromatic rings. The molecule has 1 N–H and O–H groups in total. The SMILES string of the molecule is CC(C(=O)Nc1ccccc1F)N1CCN(c2cccc(Cl)c2)CC1. The molecule has 1 unspecified atom stereocenters. The van der Waals surface area contributed by atoms with Gasteiger partial charge in [0.05, 0.1) is 11.7 Å². The van der Waals surface area contributed by atoms with Crippen LogP contribution in [-0.4, -0.2) is 43.0 Å². The molecule has 6 heteroatoms. The lowest BCUT2D eigenvalue weighted by atomic mass is 10.2. The van der Waals surface area contributed by atoms with Gasteiger partial charge in [-0.15, -0.1) is 0 Å². The van der Waals surface area contributed by atoms with Gasteiger partial charge in [-0.2, -0.15) is 0 Å². The third kappa shape index (κ3) is 4.30. The molecule has 1 atom stereocenters. The highest BCUT2D eigenvalue weighted by molar-refractivity contribution is 6.30. The maximum Gasteiger partial charge on any atom is 0.241 e. The fourth-order valence-corrected chi connectivity index (χ4v) is 3.19. The second-order valence-corrected chi connectivity index (χ2v) is 6.58. The van der Waals surface area contributed by atoms with Crippen molar-refractivity contribution in [2.45, 2.75) is 13.0 Å². The van der Waals surface area contributed by atoms with Crippen molar-refractivity contribution in [2.75, 3.05) is 36.4 Å². The first-order chi connectivity index (χ1) is 12.0. The fourth-order valence-electron chi connectivity index (χ4n) is 3.01. The highest BCUT2D eigenvalue weighted by Crippen LogP contribution is 2.21. The van der Waals surface area contributed by atoms with Crippen LogP contribution in [0.2, 0.25) is 5.02 Å². The topological polar surface area (TPSA) is 35.6 Å². The van der Waals surface area contributed by atoms with E-state index in [1.165, 1.54) is 6.07 Å². The van der Waals surface area contributed by atoms with Gasteiger partial charge in [-0.1, -0.05) is 29.8 Å². The summed E-state index contributed by atoms with van der Waals surface area (Å²) in [6.07, 6.45) is 0. The first-order valence-electron chi connectivity index (χ1n) is 8.34. The van der Waals surface area contributed by atoms with Crippen LogP contribution >= 0.6 is 11.6 Å². The largest absolute Gasteiger partial charge is 0.369 e. The van der Waals surface area contributed by atoms with Gasteiger partial charge in [0.25, 0.3) is 0 Å². The number of amides is 1. The van der Waals surface area contributed by atoms with E-state index in [0.717, 1.165) is 36.9 Å². The normalized spacial score (nSPS) is 16.5. The standard InChI is InChI=1S/C19H21ClFN3O/c1-14(19(25)22-18-8-3-2-7-17(18)21)23-9-11-24(12-10-23)16-6-4-5-15(20)13-16/h2-8,13-14H,9-12H2,1H3,(H,22,25). The smallest absolute Gasteiger partial charge is 0.241 e. The number of anilines is 2. The Labute approximate surface area is 152 Å². The van der Waals surface area contributed by atoms with Gasteiger partial charge < -0.3 is 10.2 Å². The predicted octanol–water partition coefficient (Wildman–Crippen LogP) is 3.63. The first-order valence-corrected chi connectivity index (χ1v) is 8.72. The Bertz CT molecular complexity index is 747. The van der Waals surface area contributed by atoms with E-state index in [0.29, 0.717) is 0 Å². The molecular weight excluding hydrogens is 341 g/mol. The summed E-state index contributed by atoms with van der Waals surface area (Å²) in [6.45, 7) is 5.01. The van der Waals surface area contributed by atoms with Crippen molar-refractivity contribution < 1.29 is 9.18 Å². The number of hydrogen-bond acceptors (Lipinski definition) is 3. The van der Waals surface area contributed by atoms with Gasteiger partial charge in [-0.3, -0.25) is 9.69 Å². The zero-order chi connectivity index (χ0) is 17.8. The second-order valence-electron chi connectivity index (χ2n) is 6.15. The Hall–Kier alpha value is -2.11. The summed E-state index contributed by atoms with van der Waals surface area (Å²) in [7, 11) is 0. The summed E-state index contributed by atoms with van der Waals surface area (Å²) in [5.41, 5.74) is 1.31. The van der Waals surface area contributed by atoms with E-state index in [9.17, 15) is 9.18 Å². The van der Waals surface area contributed by atoms with Gasteiger partial charge in [0, 0.05) is 36.9 Å². The lowest BCUT2D eigenvalue weighted by molar-refractivity contribution is -0.120.